The second-order valence-corrected chi connectivity index (χ2v) is 10.8. The molecule has 0 aliphatic carbocycles. The van der Waals surface area contributed by atoms with Crippen LogP contribution in [0.1, 0.15) is 0 Å². The van der Waals surface area contributed by atoms with Gasteiger partial charge < -0.3 is 8.83 Å². The highest BCUT2D eigenvalue weighted by atomic mass is 16.3. The minimum Gasteiger partial charge on any atom is -0.456 e. The maximum atomic E-state index is 6.39. The second kappa shape index (κ2) is 9.75. The van der Waals surface area contributed by atoms with Crippen molar-refractivity contribution in [3.63, 3.8) is 0 Å². The van der Waals surface area contributed by atoms with Crippen LogP contribution in [0.25, 0.3) is 89.2 Å². The van der Waals surface area contributed by atoms with Crippen molar-refractivity contribution >= 4 is 43.9 Å². The summed E-state index contributed by atoms with van der Waals surface area (Å²) in [4.78, 5) is 15.2. The van der Waals surface area contributed by atoms with Gasteiger partial charge in [0.05, 0.1) is 5.56 Å². The first kappa shape index (κ1) is 24.5. The Labute approximate surface area is 252 Å². The summed E-state index contributed by atoms with van der Waals surface area (Å²) in [5.74, 6) is 1.71. The average molecular weight is 566 g/mol. The number of hydrogen-bond acceptors (Lipinski definition) is 5. The van der Waals surface area contributed by atoms with Gasteiger partial charge in [-0.25, -0.2) is 15.0 Å². The van der Waals surface area contributed by atoms with Gasteiger partial charge in [0.15, 0.2) is 17.5 Å². The number of nitrogens with zero attached hydrogens (tertiary/aromatic N) is 3. The molecule has 44 heavy (non-hydrogen) atoms. The molecule has 3 heterocycles. The molecule has 0 amide bonds. The molecular formula is C39H23N3O2. The largest absolute Gasteiger partial charge is 0.456 e. The third kappa shape index (κ3) is 3.91. The summed E-state index contributed by atoms with van der Waals surface area (Å²) in [5.41, 5.74) is 8.08. The standard InChI is InChI=1S/C39H23N3O2/c1-2-10-24(11-3-1)25-20-22-26(23-21-25)37-40-38(30-15-9-19-34-35(30)29-13-5-7-18-33(29)43-34)42-39(41-37)31-16-8-14-28-27-12-4-6-17-32(27)44-36(28)31/h1-23H. The number of furan rings is 2. The number of rotatable bonds is 4. The first-order valence-corrected chi connectivity index (χ1v) is 14.5. The Bertz CT molecular complexity index is 2490. The van der Waals surface area contributed by atoms with Crippen molar-refractivity contribution in [3.8, 4) is 45.3 Å². The molecular weight excluding hydrogens is 542 g/mol. The summed E-state index contributed by atoms with van der Waals surface area (Å²) in [6.45, 7) is 0. The van der Waals surface area contributed by atoms with E-state index in [0.29, 0.717) is 17.5 Å². The molecule has 0 saturated carbocycles. The van der Waals surface area contributed by atoms with Gasteiger partial charge in [-0.15, -0.1) is 0 Å². The van der Waals surface area contributed by atoms with Crippen LogP contribution < -0.4 is 0 Å². The van der Waals surface area contributed by atoms with Crippen LogP contribution >= 0.6 is 0 Å². The molecule has 0 radical (unpaired) electrons. The van der Waals surface area contributed by atoms with Crippen molar-refractivity contribution < 1.29 is 8.83 Å². The number of benzene rings is 6. The quantitative estimate of drug-likeness (QED) is 0.212. The van der Waals surface area contributed by atoms with Gasteiger partial charge >= 0.3 is 0 Å². The second-order valence-electron chi connectivity index (χ2n) is 10.8. The lowest BCUT2D eigenvalue weighted by atomic mass is 10.0. The lowest BCUT2D eigenvalue weighted by Crippen LogP contribution is -2.00. The van der Waals surface area contributed by atoms with Crippen molar-refractivity contribution in [1.82, 2.24) is 15.0 Å². The first-order chi connectivity index (χ1) is 21.8. The monoisotopic (exact) mass is 565 g/mol. The van der Waals surface area contributed by atoms with E-state index in [-0.39, 0.29) is 0 Å². The van der Waals surface area contributed by atoms with Crippen molar-refractivity contribution in [2.75, 3.05) is 0 Å². The highest BCUT2D eigenvalue weighted by Crippen LogP contribution is 2.38. The highest BCUT2D eigenvalue weighted by Gasteiger charge is 2.20. The fraction of sp³-hybridized carbons (Fsp3) is 0. The SMILES string of the molecule is c1ccc(-c2ccc(-c3nc(-c4cccc5c4oc4ccccc45)nc(-c4cccc5oc6ccccc6c45)n3)cc2)cc1. The van der Waals surface area contributed by atoms with Crippen LogP contribution in [0.2, 0.25) is 0 Å². The Morgan fingerprint density at radius 2 is 0.886 bits per heavy atom. The van der Waals surface area contributed by atoms with Crippen LogP contribution in [0.15, 0.2) is 148 Å². The molecule has 0 fully saturated rings. The molecule has 0 N–H and O–H groups in total. The van der Waals surface area contributed by atoms with E-state index in [1.54, 1.807) is 0 Å². The van der Waals surface area contributed by atoms with E-state index < -0.39 is 0 Å². The van der Waals surface area contributed by atoms with E-state index in [1.807, 2.05) is 84.9 Å². The highest BCUT2D eigenvalue weighted by molar-refractivity contribution is 6.12. The maximum Gasteiger partial charge on any atom is 0.167 e. The zero-order chi connectivity index (χ0) is 29.0. The number of para-hydroxylation sites is 3. The van der Waals surface area contributed by atoms with Gasteiger partial charge in [0.1, 0.15) is 22.3 Å². The van der Waals surface area contributed by atoms with E-state index in [9.17, 15) is 0 Å². The normalized spacial score (nSPS) is 11.6. The number of hydrogen-bond donors (Lipinski definition) is 0. The molecule has 0 aliphatic heterocycles. The molecule has 0 bridgehead atoms. The van der Waals surface area contributed by atoms with Crippen molar-refractivity contribution in [1.29, 1.82) is 0 Å². The van der Waals surface area contributed by atoms with Crippen molar-refractivity contribution in [2.24, 2.45) is 0 Å². The van der Waals surface area contributed by atoms with E-state index in [1.165, 1.54) is 0 Å². The number of aromatic nitrogens is 3. The van der Waals surface area contributed by atoms with Gasteiger partial charge in [-0.1, -0.05) is 115 Å². The van der Waals surface area contributed by atoms with Crippen molar-refractivity contribution in [2.45, 2.75) is 0 Å². The lowest BCUT2D eigenvalue weighted by Gasteiger charge is -2.10. The van der Waals surface area contributed by atoms with E-state index >= 15 is 0 Å². The summed E-state index contributed by atoms with van der Waals surface area (Å²) < 4.78 is 12.6. The number of fused-ring (bicyclic) bond motifs is 6. The molecule has 9 rings (SSSR count). The molecule has 5 heteroatoms. The Morgan fingerprint density at radius 1 is 0.341 bits per heavy atom. The van der Waals surface area contributed by atoms with Gasteiger partial charge in [0.2, 0.25) is 0 Å². The summed E-state index contributed by atoms with van der Waals surface area (Å²) in [7, 11) is 0. The third-order valence-corrected chi connectivity index (χ3v) is 8.17. The average Bonchev–Trinajstić information content (AvgIpc) is 3.67. The summed E-state index contributed by atoms with van der Waals surface area (Å²) >= 11 is 0. The fourth-order valence-corrected chi connectivity index (χ4v) is 6.07. The Balaban J connectivity index is 1.29. The summed E-state index contributed by atoms with van der Waals surface area (Å²) in [6.07, 6.45) is 0. The van der Waals surface area contributed by atoms with Gasteiger partial charge in [0, 0.05) is 32.7 Å². The molecule has 6 aromatic carbocycles. The van der Waals surface area contributed by atoms with Gasteiger partial charge in [-0.05, 0) is 35.4 Å². The van der Waals surface area contributed by atoms with E-state index in [2.05, 4.69) is 54.6 Å². The molecule has 5 nitrogen and oxygen atoms in total. The zero-order valence-corrected chi connectivity index (χ0v) is 23.4. The van der Waals surface area contributed by atoms with E-state index in [0.717, 1.165) is 71.7 Å². The molecule has 0 spiro atoms. The van der Waals surface area contributed by atoms with Crippen LogP contribution in [-0.4, -0.2) is 15.0 Å². The predicted molar refractivity (Wildman–Crippen MR) is 176 cm³/mol. The molecule has 0 atom stereocenters. The van der Waals surface area contributed by atoms with Gasteiger partial charge in [-0.2, -0.15) is 0 Å². The molecule has 0 unspecified atom stereocenters. The topological polar surface area (TPSA) is 65.0 Å². The molecule has 9 aromatic rings. The van der Waals surface area contributed by atoms with Crippen LogP contribution in [0.3, 0.4) is 0 Å². The minimum absolute atomic E-state index is 0.548. The van der Waals surface area contributed by atoms with E-state index in [4.69, 9.17) is 23.8 Å². The Morgan fingerprint density at radius 3 is 1.70 bits per heavy atom. The van der Waals surface area contributed by atoms with Crippen LogP contribution in [-0.2, 0) is 0 Å². The lowest BCUT2D eigenvalue weighted by molar-refractivity contribution is 0.668. The van der Waals surface area contributed by atoms with Crippen molar-refractivity contribution in [3.05, 3.63) is 140 Å². The third-order valence-electron chi connectivity index (χ3n) is 8.17. The molecule has 3 aromatic heterocycles. The summed E-state index contributed by atoms with van der Waals surface area (Å²) in [5, 5.41) is 4.09. The van der Waals surface area contributed by atoms with Gasteiger partial charge in [-0.3, -0.25) is 0 Å². The van der Waals surface area contributed by atoms with Crippen LogP contribution in [0, 0.1) is 0 Å². The zero-order valence-electron chi connectivity index (χ0n) is 23.4. The Kier molecular flexibility index (Phi) is 5.43. The minimum atomic E-state index is 0.548. The smallest absolute Gasteiger partial charge is 0.167 e. The van der Waals surface area contributed by atoms with Crippen LogP contribution in [0.5, 0.6) is 0 Å². The van der Waals surface area contributed by atoms with Crippen LogP contribution in [0.4, 0.5) is 0 Å². The molecule has 0 saturated heterocycles. The van der Waals surface area contributed by atoms with Gasteiger partial charge in [0.25, 0.3) is 0 Å². The molecule has 0 aliphatic rings. The fourth-order valence-electron chi connectivity index (χ4n) is 6.07. The first-order valence-electron chi connectivity index (χ1n) is 14.5. The molecule has 206 valence electrons. The maximum absolute atomic E-state index is 6.39. The predicted octanol–water partition coefficient (Wildman–Crippen LogP) is 10.3. The Hall–Kier alpha value is -6.07. The summed E-state index contributed by atoms with van der Waals surface area (Å²) in [6, 6.07) is 47.0.